The van der Waals surface area contributed by atoms with Crippen LogP contribution in [-0.2, 0) is 20.9 Å². The zero-order valence-corrected chi connectivity index (χ0v) is 15.3. The average molecular weight is 376 g/mol. The van der Waals surface area contributed by atoms with Crippen molar-refractivity contribution in [3.63, 3.8) is 0 Å². The molecular weight excluding hydrogens is 356 g/mol. The van der Waals surface area contributed by atoms with Gasteiger partial charge in [-0.25, -0.2) is 0 Å². The molecule has 1 amide bonds. The SMILES string of the molecule is CCOC(=O)Cn1c(=NC(=O)C2CCCC2)sc2cc3c(cc21)OCO3. The van der Waals surface area contributed by atoms with E-state index in [2.05, 4.69) is 4.99 Å². The maximum Gasteiger partial charge on any atom is 0.326 e. The third kappa shape index (κ3) is 3.21. The van der Waals surface area contributed by atoms with Crippen LogP contribution in [0.25, 0.3) is 10.2 Å². The number of thiazole rings is 1. The first kappa shape index (κ1) is 17.1. The van der Waals surface area contributed by atoms with Crippen molar-refractivity contribution in [2.45, 2.75) is 39.2 Å². The van der Waals surface area contributed by atoms with Crippen LogP contribution < -0.4 is 14.3 Å². The highest BCUT2D eigenvalue weighted by molar-refractivity contribution is 7.16. The number of esters is 1. The molecule has 26 heavy (non-hydrogen) atoms. The van der Waals surface area contributed by atoms with Gasteiger partial charge in [0.15, 0.2) is 16.3 Å². The van der Waals surface area contributed by atoms with E-state index >= 15 is 0 Å². The summed E-state index contributed by atoms with van der Waals surface area (Å²) >= 11 is 1.37. The van der Waals surface area contributed by atoms with Crippen molar-refractivity contribution in [1.29, 1.82) is 0 Å². The number of carbonyl (C=O) groups is 2. The van der Waals surface area contributed by atoms with Gasteiger partial charge in [0, 0.05) is 18.1 Å². The minimum absolute atomic E-state index is 0.00423. The lowest BCUT2D eigenvalue weighted by Crippen LogP contribution is -2.24. The standard InChI is InChI=1S/C18H20N2O5S/c1-2-23-16(21)9-20-12-7-13-14(25-10-24-13)8-15(12)26-18(20)19-17(22)11-5-3-4-6-11/h7-8,11H,2-6,9-10H2,1H3. The summed E-state index contributed by atoms with van der Waals surface area (Å²) in [5, 5.41) is 0. The van der Waals surface area contributed by atoms with Crippen LogP contribution in [0.2, 0.25) is 0 Å². The second-order valence-electron chi connectivity index (χ2n) is 6.38. The van der Waals surface area contributed by atoms with E-state index in [0.29, 0.717) is 22.9 Å². The van der Waals surface area contributed by atoms with Gasteiger partial charge in [-0.1, -0.05) is 24.2 Å². The summed E-state index contributed by atoms with van der Waals surface area (Å²) < 4.78 is 18.6. The number of hydrogen-bond acceptors (Lipinski definition) is 6. The molecule has 0 radical (unpaired) electrons. The number of aromatic nitrogens is 1. The average Bonchev–Trinajstić information content (AvgIpc) is 3.34. The van der Waals surface area contributed by atoms with E-state index in [1.807, 2.05) is 12.1 Å². The van der Waals surface area contributed by atoms with E-state index in [4.69, 9.17) is 14.2 Å². The molecule has 0 spiro atoms. The molecule has 0 unspecified atom stereocenters. The second kappa shape index (κ2) is 7.11. The Morgan fingerprint density at radius 1 is 1.27 bits per heavy atom. The van der Waals surface area contributed by atoms with Crippen LogP contribution in [0.15, 0.2) is 17.1 Å². The van der Waals surface area contributed by atoms with Crippen molar-refractivity contribution >= 4 is 33.4 Å². The van der Waals surface area contributed by atoms with Crippen molar-refractivity contribution in [2.24, 2.45) is 10.9 Å². The van der Waals surface area contributed by atoms with Crippen molar-refractivity contribution in [3.8, 4) is 11.5 Å². The van der Waals surface area contributed by atoms with Crippen LogP contribution in [0.4, 0.5) is 0 Å². The minimum atomic E-state index is -0.361. The van der Waals surface area contributed by atoms with Crippen LogP contribution in [0, 0.1) is 5.92 Å². The molecule has 7 nitrogen and oxygen atoms in total. The number of ether oxygens (including phenoxy) is 3. The molecule has 1 aliphatic carbocycles. The van der Waals surface area contributed by atoms with Crippen LogP contribution in [0.5, 0.6) is 11.5 Å². The highest BCUT2D eigenvalue weighted by Gasteiger charge is 2.24. The third-order valence-electron chi connectivity index (χ3n) is 4.68. The number of benzene rings is 1. The predicted octanol–water partition coefficient (Wildman–Crippen LogP) is 2.61. The van der Waals surface area contributed by atoms with E-state index < -0.39 is 0 Å². The second-order valence-corrected chi connectivity index (χ2v) is 7.39. The van der Waals surface area contributed by atoms with E-state index in [1.165, 1.54) is 11.3 Å². The first-order chi connectivity index (χ1) is 12.7. The van der Waals surface area contributed by atoms with Crippen LogP contribution >= 0.6 is 11.3 Å². The Morgan fingerprint density at radius 2 is 2.00 bits per heavy atom. The first-order valence-corrected chi connectivity index (χ1v) is 9.64. The molecule has 0 N–H and O–H groups in total. The Kier molecular flexibility index (Phi) is 4.67. The van der Waals surface area contributed by atoms with Gasteiger partial charge in [-0.3, -0.25) is 9.59 Å². The molecule has 8 heteroatoms. The lowest BCUT2D eigenvalue weighted by atomic mass is 10.1. The summed E-state index contributed by atoms with van der Waals surface area (Å²) in [5.74, 6) is 0.816. The molecular formula is C18H20N2O5S. The van der Waals surface area contributed by atoms with Crippen LogP contribution in [-0.4, -0.2) is 29.8 Å². The van der Waals surface area contributed by atoms with Crippen molar-refractivity contribution in [2.75, 3.05) is 13.4 Å². The van der Waals surface area contributed by atoms with E-state index in [1.54, 1.807) is 11.5 Å². The molecule has 0 saturated heterocycles. The molecule has 1 saturated carbocycles. The number of carbonyl (C=O) groups excluding carboxylic acids is 2. The predicted molar refractivity (Wildman–Crippen MR) is 95.1 cm³/mol. The molecule has 1 aromatic heterocycles. The summed E-state index contributed by atoms with van der Waals surface area (Å²) in [6.07, 6.45) is 3.92. The molecule has 2 heterocycles. The molecule has 0 atom stereocenters. The number of nitrogens with zero attached hydrogens (tertiary/aromatic N) is 2. The maximum absolute atomic E-state index is 12.5. The van der Waals surface area contributed by atoms with E-state index in [0.717, 1.165) is 35.9 Å². The van der Waals surface area contributed by atoms with Gasteiger partial charge in [-0.2, -0.15) is 4.99 Å². The number of fused-ring (bicyclic) bond motifs is 2. The molecule has 138 valence electrons. The minimum Gasteiger partial charge on any atom is -0.465 e. The van der Waals surface area contributed by atoms with Gasteiger partial charge in [0.2, 0.25) is 6.79 Å². The summed E-state index contributed by atoms with van der Waals surface area (Å²) in [7, 11) is 0. The van der Waals surface area contributed by atoms with Crippen LogP contribution in [0.1, 0.15) is 32.6 Å². The van der Waals surface area contributed by atoms with E-state index in [-0.39, 0.29) is 31.1 Å². The lowest BCUT2D eigenvalue weighted by molar-refractivity contribution is -0.143. The Bertz CT molecular complexity index is 924. The zero-order valence-electron chi connectivity index (χ0n) is 14.5. The summed E-state index contributed by atoms with van der Waals surface area (Å²) in [4.78, 5) is 29.4. The highest BCUT2D eigenvalue weighted by atomic mass is 32.1. The summed E-state index contributed by atoms with van der Waals surface area (Å²) in [6, 6.07) is 3.69. The largest absolute Gasteiger partial charge is 0.465 e. The highest BCUT2D eigenvalue weighted by Crippen LogP contribution is 2.37. The van der Waals surface area contributed by atoms with Gasteiger partial charge in [0.25, 0.3) is 5.91 Å². The monoisotopic (exact) mass is 376 g/mol. The molecule has 1 aromatic carbocycles. The van der Waals surface area contributed by atoms with Gasteiger partial charge in [-0.05, 0) is 19.8 Å². The molecule has 4 rings (SSSR count). The van der Waals surface area contributed by atoms with Crippen LogP contribution in [0.3, 0.4) is 0 Å². The fourth-order valence-electron chi connectivity index (χ4n) is 3.39. The van der Waals surface area contributed by atoms with Crippen molar-refractivity contribution in [3.05, 3.63) is 16.9 Å². The third-order valence-corrected chi connectivity index (χ3v) is 5.72. The van der Waals surface area contributed by atoms with Gasteiger partial charge >= 0.3 is 5.97 Å². The topological polar surface area (TPSA) is 79.1 Å². The fourth-order valence-corrected chi connectivity index (χ4v) is 4.44. The Hall–Kier alpha value is -2.35. The van der Waals surface area contributed by atoms with E-state index in [9.17, 15) is 9.59 Å². The zero-order chi connectivity index (χ0) is 18.1. The lowest BCUT2D eigenvalue weighted by Gasteiger charge is -2.06. The maximum atomic E-state index is 12.5. The number of amides is 1. The fraction of sp³-hybridized carbons (Fsp3) is 0.500. The molecule has 2 aromatic rings. The van der Waals surface area contributed by atoms with Gasteiger partial charge < -0.3 is 18.8 Å². The smallest absolute Gasteiger partial charge is 0.326 e. The summed E-state index contributed by atoms with van der Waals surface area (Å²) in [6.45, 7) is 2.26. The molecule has 1 aliphatic heterocycles. The molecule has 1 fully saturated rings. The Balaban J connectivity index is 1.79. The molecule has 2 aliphatic rings. The number of hydrogen-bond donors (Lipinski definition) is 0. The van der Waals surface area contributed by atoms with Crippen molar-refractivity contribution < 1.29 is 23.8 Å². The summed E-state index contributed by atoms with van der Waals surface area (Å²) in [5.41, 5.74) is 0.783. The van der Waals surface area contributed by atoms with Gasteiger partial charge in [-0.15, -0.1) is 0 Å². The van der Waals surface area contributed by atoms with Gasteiger partial charge in [0.1, 0.15) is 6.54 Å². The van der Waals surface area contributed by atoms with Gasteiger partial charge in [0.05, 0.1) is 16.8 Å². The van der Waals surface area contributed by atoms with Crippen molar-refractivity contribution in [1.82, 2.24) is 4.57 Å². The quantitative estimate of drug-likeness (QED) is 0.767. The number of rotatable bonds is 4. The molecule has 0 bridgehead atoms. The Labute approximate surface area is 154 Å². The normalized spacial score (nSPS) is 17.2. The Morgan fingerprint density at radius 3 is 2.73 bits per heavy atom. The first-order valence-electron chi connectivity index (χ1n) is 8.83.